The van der Waals surface area contributed by atoms with Crippen LogP contribution >= 0.6 is 45.3 Å². The predicted octanol–water partition coefficient (Wildman–Crippen LogP) is 21.1. The third-order valence-electron chi connectivity index (χ3n) is 15.8. The largest absolute Gasteiger partial charge is 0.319 e. The van der Waals surface area contributed by atoms with Gasteiger partial charge in [0, 0.05) is 102 Å². The number of hydrogen-bond donors (Lipinski definition) is 0. The number of nitrogens with zero attached hydrogens (tertiary/aromatic N) is 4. The third-order valence-corrected chi connectivity index (χ3v) is 20.3. The molecule has 0 fully saturated rings. The van der Waals surface area contributed by atoms with E-state index < -0.39 is 0 Å². The summed E-state index contributed by atoms with van der Waals surface area (Å²) in [5.74, 6) is 0. The van der Waals surface area contributed by atoms with Crippen molar-refractivity contribution in [1.29, 1.82) is 5.26 Å². The van der Waals surface area contributed by atoms with E-state index in [4.69, 9.17) is 6.57 Å². The van der Waals surface area contributed by atoms with E-state index in [0.717, 1.165) is 65.9 Å². The van der Waals surface area contributed by atoms with E-state index in [1.165, 1.54) is 80.7 Å². The summed E-state index contributed by atoms with van der Waals surface area (Å²) in [5, 5.41) is 25.8. The maximum atomic E-state index is 11.4. The molecular weight excluding hydrogens is 1000 g/mol. The molecule has 0 spiro atoms. The molecule has 0 radical (unpaired) electrons. The molecule has 0 saturated carbocycles. The molecule has 17 rings (SSSR count). The monoisotopic (exact) mass is 1030 g/mol. The van der Waals surface area contributed by atoms with Gasteiger partial charge in [-0.1, -0.05) is 97.1 Å². The van der Waals surface area contributed by atoms with Crippen LogP contribution in [0.5, 0.6) is 0 Å². The van der Waals surface area contributed by atoms with Crippen molar-refractivity contribution in [3.8, 4) is 39.7 Å². The van der Waals surface area contributed by atoms with Crippen LogP contribution in [-0.2, 0) is 0 Å². The van der Waals surface area contributed by atoms with Gasteiger partial charge in [-0.3, -0.25) is 0 Å². The number of rotatable bonds is 4. The molecule has 8 heteroatoms. The van der Waals surface area contributed by atoms with Crippen molar-refractivity contribution in [1.82, 2.24) is 9.13 Å². The molecule has 0 saturated heterocycles. The number of fused-ring (bicyclic) bond motifs is 18. The lowest BCUT2D eigenvalue weighted by atomic mass is 10.00. The van der Waals surface area contributed by atoms with Gasteiger partial charge in [0.25, 0.3) is 0 Å². The van der Waals surface area contributed by atoms with Crippen LogP contribution in [-0.4, -0.2) is 9.13 Å². The zero-order valence-electron chi connectivity index (χ0n) is 40.1. The molecule has 76 heavy (non-hydrogen) atoms. The first kappa shape index (κ1) is 42.3. The molecule has 0 unspecified atom stereocenters. The van der Waals surface area contributed by atoms with Crippen molar-refractivity contribution in [2.24, 2.45) is 0 Å². The van der Waals surface area contributed by atoms with Crippen LogP contribution in [0.3, 0.4) is 0 Å². The summed E-state index contributed by atoms with van der Waals surface area (Å²) in [7, 11) is 0. The molecular formula is C68H34N4S4. The normalized spacial score (nSPS) is 12.2. The van der Waals surface area contributed by atoms with Crippen LogP contribution in [0, 0.1) is 17.9 Å². The topological polar surface area (TPSA) is 38.0 Å². The summed E-state index contributed by atoms with van der Waals surface area (Å²) in [6, 6.07) is 77.6. The van der Waals surface area contributed by atoms with Crippen molar-refractivity contribution in [2.45, 2.75) is 0 Å². The van der Waals surface area contributed by atoms with Crippen molar-refractivity contribution in [3.05, 3.63) is 223 Å². The Kier molecular flexibility index (Phi) is 8.73. The van der Waals surface area contributed by atoms with Gasteiger partial charge in [0.1, 0.15) is 6.07 Å². The highest BCUT2D eigenvalue weighted by Crippen LogP contribution is 2.47. The van der Waals surface area contributed by atoms with E-state index >= 15 is 0 Å². The van der Waals surface area contributed by atoms with E-state index in [-0.39, 0.29) is 0 Å². The molecule has 0 aliphatic carbocycles. The van der Waals surface area contributed by atoms with Crippen molar-refractivity contribution >= 4 is 175 Å². The molecule has 6 heterocycles. The molecule has 0 bridgehead atoms. The van der Waals surface area contributed by atoms with Crippen LogP contribution in [0.1, 0.15) is 5.56 Å². The molecule has 17 aromatic rings. The fourth-order valence-corrected chi connectivity index (χ4v) is 16.7. The van der Waals surface area contributed by atoms with Gasteiger partial charge in [-0.15, -0.1) is 45.3 Å². The minimum atomic E-state index is 0.467. The molecule has 0 atom stereocenters. The van der Waals surface area contributed by atoms with Crippen molar-refractivity contribution in [3.63, 3.8) is 0 Å². The van der Waals surface area contributed by atoms with Gasteiger partial charge < -0.3 is 9.13 Å². The second-order valence-electron chi connectivity index (χ2n) is 19.8. The van der Waals surface area contributed by atoms with E-state index in [1.54, 1.807) is 22.7 Å². The number of hydrogen-bond acceptors (Lipinski definition) is 5. The maximum absolute atomic E-state index is 11.4. The average molecular weight is 1040 g/mol. The Balaban J connectivity index is 0.901. The molecule has 4 nitrogen and oxygen atoms in total. The summed E-state index contributed by atoms with van der Waals surface area (Å²) >= 11 is 7.24. The molecule has 0 N–H and O–H groups in total. The van der Waals surface area contributed by atoms with Gasteiger partial charge in [0.05, 0.1) is 45.6 Å². The third kappa shape index (κ3) is 5.95. The van der Waals surface area contributed by atoms with Gasteiger partial charge >= 0.3 is 0 Å². The summed E-state index contributed by atoms with van der Waals surface area (Å²) in [6.45, 7) is 8.95. The van der Waals surface area contributed by atoms with Gasteiger partial charge in [0.15, 0.2) is 0 Å². The highest BCUT2D eigenvalue weighted by Gasteiger charge is 2.24. The van der Waals surface area contributed by atoms with E-state index in [9.17, 15) is 5.26 Å². The smallest absolute Gasteiger partial charge is 0.212 e. The molecule has 0 aliphatic heterocycles. The first-order valence-corrected chi connectivity index (χ1v) is 28.4. The van der Waals surface area contributed by atoms with Gasteiger partial charge in [0.2, 0.25) is 5.69 Å². The summed E-state index contributed by atoms with van der Waals surface area (Å²) in [5.41, 5.74) is 10.8. The zero-order valence-corrected chi connectivity index (χ0v) is 43.3. The van der Waals surface area contributed by atoms with Crippen LogP contribution in [0.15, 0.2) is 206 Å². The van der Waals surface area contributed by atoms with Crippen LogP contribution in [0.25, 0.3) is 163 Å². The first-order valence-electron chi connectivity index (χ1n) is 25.1. The molecule has 0 aliphatic rings. The summed E-state index contributed by atoms with van der Waals surface area (Å²) in [4.78, 5) is 4.34. The standard InChI is InChI=1S/C68H34N4S4/c1-70-54-33-57(71-55-22-18-37(39-20-24-65-50(28-39)42-10-2-6-14-61(42)73-65)26-46(55)48-31-52-44-12-4-8-16-63(44)75-67(52)34-58(48)71)41(36-69)30-60(54)72-56-23-19-38(40-21-25-66-51(29-40)43-11-3-7-15-62(43)74-66)27-47(56)49-32-53-45-13-5-9-17-64(45)76-68(53)35-59(49)72/h2-35H. The fourth-order valence-electron chi connectivity index (χ4n) is 12.3. The highest BCUT2D eigenvalue weighted by molar-refractivity contribution is 7.27. The number of nitriles is 1. The van der Waals surface area contributed by atoms with Gasteiger partial charge in [-0.05, 0) is 131 Å². The van der Waals surface area contributed by atoms with Gasteiger partial charge in [-0.25, -0.2) is 4.85 Å². The van der Waals surface area contributed by atoms with Crippen LogP contribution in [0.2, 0.25) is 0 Å². The molecule has 0 amide bonds. The molecule has 11 aromatic carbocycles. The van der Waals surface area contributed by atoms with E-state index in [0.29, 0.717) is 22.6 Å². The van der Waals surface area contributed by atoms with Crippen molar-refractivity contribution in [2.75, 3.05) is 0 Å². The summed E-state index contributed by atoms with van der Waals surface area (Å²) in [6.07, 6.45) is 0. The SMILES string of the molecule is [C-]#[N+]c1cc(-n2c3ccc(-c4ccc5sc6ccccc6c5c4)cc3c3cc4c(cc32)sc2ccccc24)c(C#N)cc1-n1c2ccc(-c3ccc4sc5ccccc5c4c3)cc2c2cc3c(cc21)sc1ccccc13. The van der Waals surface area contributed by atoms with Crippen LogP contribution in [0.4, 0.5) is 5.69 Å². The zero-order chi connectivity index (χ0) is 49.9. The minimum Gasteiger partial charge on any atom is -0.319 e. The van der Waals surface area contributed by atoms with E-state index in [1.807, 2.05) is 34.8 Å². The Hall–Kier alpha value is -9.12. The van der Waals surface area contributed by atoms with Gasteiger partial charge in [-0.2, -0.15) is 5.26 Å². The second kappa shape index (κ2) is 15.7. The summed E-state index contributed by atoms with van der Waals surface area (Å²) < 4.78 is 14.4. The Morgan fingerprint density at radius 3 is 1.11 bits per heavy atom. The predicted molar refractivity (Wildman–Crippen MR) is 329 cm³/mol. The van der Waals surface area contributed by atoms with Crippen LogP contribution < -0.4 is 0 Å². The Morgan fingerprint density at radius 2 is 0.671 bits per heavy atom. The van der Waals surface area contributed by atoms with Crippen molar-refractivity contribution < 1.29 is 0 Å². The Labute approximate surface area is 449 Å². The first-order chi connectivity index (χ1) is 37.5. The lowest BCUT2D eigenvalue weighted by Gasteiger charge is -2.16. The number of aromatic nitrogens is 2. The van der Waals surface area contributed by atoms with E-state index in [2.05, 4.69) is 214 Å². The fraction of sp³-hybridized carbons (Fsp3) is 0. The maximum Gasteiger partial charge on any atom is 0.212 e. The minimum absolute atomic E-state index is 0.467. The quantitative estimate of drug-likeness (QED) is 0.162. The number of thiophene rings is 4. The highest BCUT2D eigenvalue weighted by atomic mass is 32.1. The average Bonchev–Trinajstić information content (AvgIpc) is 4.52. The molecule has 6 aromatic heterocycles. The lowest BCUT2D eigenvalue weighted by molar-refractivity contribution is 1.14. The molecule has 350 valence electrons. The Bertz CT molecular complexity index is 5180. The number of benzene rings is 11. The Morgan fingerprint density at radius 1 is 0.316 bits per heavy atom. The lowest BCUT2D eigenvalue weighted by Crippen LogP contribution is -2.01. The second-order valence-corrected chi connectivity index (χ2v) is 24.1.